The Bertz CT molecular complexity index is 268. The first-order chi connectivity index (χ1) is 5.39. The molecule has 0 aliphatic heterocycles. The fourth-order valence-corrected chi connectivity index (χ4v) is 5.68. The van der Waals surface area contributed by atoms with E-state index in [1.54, 1.807) is 0 Å². The van der Waals surface area contributed by atoms with Crippen molar-refractivity contribution < 1.29 is 4.79 Å². The third-order valence-corrected chi connectivity index (χ3v) is 5.72. The standard InChI is InChI=1S/C10H10O/c11-10-6-2-1-3-5-4(2)8(6)9(5)7(3)10/h2-9H,1H2. The molecule has 0 amide bonds. The fraction of sp³-hybridized carbons (Fsp3) is 0.900. The number of carbonyl (C=O) groups excluding carboxylic acids is 1. The molecular weight excluding hydrogens is 136 g/mol. The summed E-state index contributed by atoms with van der Waals surface area (Å²) < 4.78 is 0. The van der Waals surface area contributed by atoms with Crippen LogP contribution in [0.5, 0.6) is 0 Å². The molecule has 0 aromatic heterocycles. The summed E-state index contributed by atoms with van der Waals surface area (Å²) in [6, 6.07) is 0. The Morgan fingerprint density at radius 1 is 0.909 bits per heavy atom. The summed E-state index contributed by atoms with van der Waals surface area (Å²) >= 11 is 0. The molecule has 0 saturated heterocycles. The molecule has 5 rings (SSSR count). The Hall–Kier alpha value is -0.330. The molecule has 11 heavy (non-hydrogen) atoms. The minimum absolute atomic E-state index is 0.602. The van der Waals surface area contributed by atoms with Gasteiger partial charge in [0.25, 0.3) is 0 Å². The molecule has 5 aliphatic rings. The zero-order valence-corrected chi connectivity index (χ0v) is 6.23. The predicted molar refractivity (Wildman–Crippen MR) is 37.5 cm³/mol. The number of carbonyl (C=O) groups is 1. The monoisotopic (exact) mass is 146 g/mol. The maximum Gasteiger partial charge on any atom is 0.140 e. The average Bonchev–Trinajstić information content (AvgIpc) is 2.26. The van der Waals surface area contributed by atoms with Gasteiger partial charge >= 0.3 is 0 Å². The van der Waals surface area contributed by atoms with E-state index in [1.165, 1.54) is 6.42 Å². The second-order valence-electron chi connectivity index (χ2n) is 5.33. The van der Waals surface area contributed by atoms with Gasteiger partial charge in [-0.05, 0) is 41.9 Å². The van der Waals surface area contributed by atoms with Gasteiger partial charge in [0.05, 0.1) is 0 Å². The highest BCUT2D eigenvalue weighted by atomic mass is 16.1. The molecule has 56 valence electrons. The summed E-state index contributed by atoms with van der Waals surface area (Å²) in [4.78, 5) is 11.7. The van der Waals surface area contributed by atoms with Crippen LogP contribution in [0.25, 0.3) is 0 Å². The highest BCUT2D eigenvalue weighted by Gasteiger charge is 2.87. The van der Waals surface area contributed by atoms with E-state index in [9.17, 15) is 4.79 Å². The van der Waals surface area contributed by atoms with E-state index < -0.39 is 0 Å². The molecular formula is C10H10O. The van der Waals surface area contributed by atoms with E-state index in [1.807, 2.05) is 0 Å². The van der Waals surface area contributed by atoms with Crippen LogP contribution in [-0.2, 0) is 4.79 Å². The number of fused-ring (bicyclic) bond motifs is 2. The first-order valence-corrected chi connectivity index (χ1v) is 4.93. The number of Topliss-reactive ketones (excluding diaryl/α,β-unsaturated/α-hetero) is 1. The molecule has 0 aromatic carbocycles. The van der Waals surface area contributed by atoms with Crippen molar-refractivity contribution >= 4 is 5.78 Å². The fourth-order valence-electron chi connectivity index (χ4n) is 5.68. The maximum absolute atomic E-state index is 11.7. The molecule has 0 radical (unpaired) electrons. The molecule has 1 heteroatoms. The van der Waals surface area contributed by atoms with E-state index in [0.717, 1.165) is 35.5 Å². The van der Waals surface area contributed by atoms with Crippen molar-refractivity contribution in [2.75, 3.05) is 0 Å². The Kier molecular flexibility index (Phi) is 0.400. The molecule has 1 nitrogen and oxygen atoms in total. The van der Waals surface area contributed by atoms with Gasteiger partial charge < -0.3 is 0 Å². The summed E-state index contributed by atoms with van der Waals surface area (Å²) in [5.74, 6) is 7.70. The third-order valence-electron chi connectivity index (χ3n) is 5.72. The normalized spacial score (nSPS) is 84.2. The van der Waals surface area contributed by atoms with Gasteiger partial charge in [-0.25, -0.2) is 0 Å². The minimum Gasteiger partial charge on any atom is -0.299 e. The summed E-state index contributed by atoms with van der Waals surface area (Å²) in [5, 5.41) is 0. The quantitative estimate of drug-likeness (QED) is 0.497. The van der Waals surface area contributed by atoms with Crippen LogP contribution in [-0.4, -0.2) is 5.78 Å². The van der Waals surface area contributed by atoms with Crippen molar-refractivity contribution in [1.29, 1.82) is 0 Å². The van der Waals surface area contributed by atoms with Crippen LogP contribution in [0, 0.1) is 47.3 Å². The van der Waals surface area contributed by atoms with Crippen LogP contribution < -0.4 is 0 Å². The maximum atomic E-state index is 11.7. The molecule has 0 aromatic rings. The lowest BCUT2D eigenvalue weighted by molar-refractivity contribution is -0.183. The first-order valence-electron chi connectivity index (χ1n) is 4.93. The van der Waals surface area contributed by atoms with Crippen LogP contribution >= 0.6 is 0 Å². The van der Waals surface area contributed by atoms with Gasteiger partial charge in [0.15, 0.2) is 0 Å². The van der Waals surface area contributed by atoms with Crippen LogP contribution in [0.3, 0.4) is 0 Å². The number of ketones is 1. The van der Waals surface area contributed by atoms with E-state index >= 15 is 0 Å². The number of hydrogen-bond acceptors (Lipinski definition) is 1. The zero-order valence-electron chi connectivity index (χ0n) is 6.23. The van der Waals surface area contributed by atoms with E-state index in [-0.39, 0.29) is 0 Å². The van der Waals surface area contributed by atoms with Gasteiger partial charge in [0, 0.05) is 11.8 Å². The van der Waals surface area contributed by atoms with Crippen molar-refractivity contribution in [3.63, 3.8) is 0 Å². The second kappa shape index (κ2) is 0.949. The lowest BCUT2D eigenvalue weighted by atomic mass is 9.39. The molecule has 8 atom stereocenters. The molecule has 5 aliphatic carbocycles. The average molecular weight is 146 g/mol. The Morgan fingerprint density at radius 2 is 1.45 bits per heavy atom. The van der Waals surface area contributed by atoms with Crippen LogP contribution in [0.15, 0.2) is 0 Å². The van der Waals surface area contributed by atoms with Crippen molar-refractivity contribution in [3.05, 3.63) is 0 Å². The van der Waals surface area contributed by atoms with Gasteiger partial charge in [-0.2, -0.15) is 0 Å². The summed E-state index contributed by atoms with van der Waals surface area (Å²) in [7, 11) is 0. The first kappa shape index (κ1) is 4.64. The highest BCUT2D eigenvalue weighted by molar-refractivity contribution is 5.92. The number of rotatable bonds is 0. The number of hydrogen-bond donors (Lipinski definition) is 0. The van der Waals surface area contributed by atoms with E-state index in [0.29, 0.717) is 17.6 Å². The minimum atomic E-state index is 0.602. The van der Waals surface area contributed by atoms with Crippen molar-refractivity contribution in [3.8, 4) is 0 Å². The molecule has 0 bridgehead atoms. The Morgan fingerprint density at radius 3 is 2.00 bits per heavy atom. The molecule has 8 unspecified atom stereocenters. The van der Waals surface area contributed by atoms with Gasteiger partial charge in [0.2, 0.25) is 0 Å². The van der Waals surface area contributed by atoms with Crippen molar-refractivity contribution in [2.45, 2.75) is 6.42 Å². The van der Waals surface area contributed by atoms with E-state index in [4.69, 9.17) is 0 Å². The Labute approximate surface area is 65.2 Å². The SMILES string of the molecule is O=C1C2C3CC4C1C1C4C3C21. The molecule has 5 fully saturated rings. The van der Waals surface area contributed by atoms with Crippen LogP contribution in [0.4, 0.5) is 0 Å². The van der Waals surface area contributed by atoms with E-state index in [2.05, 4.69) is 0 Å². The van der Waals surface area contributed by atoms with Crippen LogP contribution in [0.1, 0.15) is 6.42 Å². The van der Waals surface area contributed by atoms with Crippen molar-refractivity contribution in [1.82, 2.24) is 0 Å². The lowest BCUT2D eigenvalue weighted by Crippen LogP contribution is -2.62. The van der Waals surface area contributed by atoms with Gasteiger partial charge in [-0.15, -0.1) is 0 Å². The largest absolute Gasteiger partial charge is 0.299 e. The van der Waals surface area contributed by atoms with Crippen molar-refractivity contribution in [2.24, 2.45) is 47.3 Å². The van der Waals surface area contributed by atoms with Gasteiger partial charge in [-0.3, -0.25) is 4.79 Å². The predicted octanol–water partition coefficient (Wildman–Crippen LogP) is 0.943. The smallest absolute Gasteiger partial charge is 0.140 e. The topological polar surface area (TPSA) is 17.1 Å². The van der Waals surface area contributed by atoms with Crippen LogP contribution in [0.2, 0.25) is 0 Å². The molecule has 0 N–H and O–H groups in total. The third kappa shape index (κ3) is 0.213. The summed E-state index contributed by atoms with van der Waals surface area (Å²) in [6.07, 6.45) is 1.45. The molecule has 0 heterocycles. The molecule has 0 spiro atoms. The lowest BCUT2D eigenvalue weighted by Gasteiger charge is -2.64. The zero-order chi connectivity index (χ0) is 6.90. The Balaban J connectivity index is 1.89. The van der Waals surface area contributed by atoms with Gasteiger partial charge in [-0.1, -0.05) is 0 Å². The second-order valence-corrected chi connectivity index (χ2v) is 5.33. The summed E-state index contributed by atoms with van der Waals surface area (Å²) in [5.41, 5.74) is 0. The highest BCUT2D eigenvalue weighted by Crippen LogP contribution is 2.87. The van der Waals surface area contributed by atoms with Gasteiger partial charge in [0.1, 0.15) is 5.78 Å². The molecule has 5 saturated carbocycles. The summed E-state index contributed by atoms with van der Waals surface area (Å²) in [6.45, 7) is 0.